The van der Waals surface area contributed by atoms with E-state index in [1.165, 1.54) is 0 Å². The van der Waals surface area contributed by atoms with Crippen LogP contribution in [0.5, 0.6) is 0 Å². The lowest BCUT2D eigenvalue weighted by Crippen LogP contribution is -2.58. The van der Waals surface area contributed by atoms with Gasteiger partial charge in [0.2, 0.25) is 18.1 Å². The molecule has 0 spiro atoms. The average Bonchev–Trinajstić information content (AvgIpc) is 3.45. The second kappa shape index (κ2) is 10.8. The molecule has 0 radical (unpaired) electrons. The van der Waals surface area contributed by atoms with Gasteiger partial charge >= 0.3 is 0 Å². The highest BCUT2D eigenvalue weighted by Gasteiger charge is 2.43. The summed E-state index contributed by atoms with van der Waals surface area (Å²) in [5, 5.41) is 17.1. The Kier molecular flexibility index (Phi) is 7.65. The van der Waals surface area contributed by atoms with Crippen molar-refractivity contribution in [1.82, 2.24) is 14.8 Å². The fourth-order valence-corrected chi connectivity index (χ4v) is 6.71. The Morgan fingerprint density at radius 2 is 2.00 bits per heavy atom. The summed E-state index contributed by atoms with van der Waals surface area (Å²) in [6, 6.07) is -0.175. The number of rotatable bonds is 4. The molecule has 39 heavy (non-hydrogen) atoms. The van der Waals surface area contributed by atoms with Crippen LogP contribution in [0.25, 0.3) is 0 Å². The van der Waals surface area contributed by atoms with Crippen molar-refractivity contribution < 1.29 is 9.53 Å². The molecule has 3 heterocycles. The molecule has 9 heteroatoms. The number of carbonyl (C=O) groups is 1. The second-order valence-electron chi connectivity index (χ2n) is 12.5. The van der Waals surface area contributed by atoms with Gasteiger partial charge in [0.05, 0.1) is 31.4 Å². The van der Waals surface area contributed by atoms with Crippen LogP contribution in [-0.4, -0.2) is 70.7 Å². The van der Waals surface area contributed by atoms with E-state index < -0.39 is 0 Å². The van der Waals surface area contributed by atoms with Crippen molar-refractivity contribution in [3.63, 3.8) is 0 Å². The van der Waals surface area contributed by atoms with Crippen LogP contribution in [0.3, 0.4) is 0 Å². The van der Waals surface area contributed by atoms with Crippen molar-refractivity contribution in [2.75, 3.05) is 26.2 Å². The van der Waals surface area contributed by atoms with Crippen LogP contribution >= 0.6 is 11.6 Å². The number of nitrogens with zero attached hydrogens (tertiary/aromatic N) is 6. The lowest BCUT2D eigenvalue weighted by molar-refractivity contribution is -0.128. The van der Waals surface area contributed by atoms with Crippen LogP contribution in [-0.2, 0) is 9.53 Å². The first-order valence-electron chi connectivity index (χ1n) is 14.1. The van der Waals surface area contributed by atoms with Crippen molar-refractivity contribution in [3.8, 4) is 6.19 Å². The van der Waals surface area contributed by atoms with Gasteiger partial charge in [0, 0.05) is 18.0 Å². The van der Waals surface area contributed by atoms with Crippen molar-refractivity contribution in [3.05, 3.63) is 46.7 Å². The van der Waals surface area contributed by atoms with Crippen LogP contribution in [0.1, 0.15) is 53.9 Å². The number of amides is 1. The van der Waals surface area contributed by atoms with Gasteiger partial charge in [-0.15, -0.1) is 4.99 Å². The molecule has 0 saturated carbocycles. The average molecular weight is 551 g/mol. The van der Waals surface area contributed by atoms with Gasteiger partial charge in [0.15, 0.2) is 0 Å². The minimum absolute atomic E-state index is 0.0125. The molecule has 2 fully saturated rings. The van der Waals surface area contributed by atoms with E-state index in [2.05, 4.69) is 57.8 Å². The van der Waals surface area contributed by atoms with Gasteiger partial charge < -0.3 is 14.5 Å². The molecule has 3 aliphatic heterocycles. The maximum Gasteiger partial charge on any atom is 0.233 e. The summed E-state index contributed by atoms with van der Waals surface area (Å²) in [6.07, 6.45) is 14.7. The SMILES string of the molecule is CC1CC(Cl)=CC=C1C1=NN(C(=NC#N)N2CC(OC3=CC(C)C(C(C)(C)C)C=C3)C2)CC1N1CCCC1=O. The standard InChI is InChI=1S/C30H39ClN6O2/c1-19-13-21(31)8-10-24(19)28-26(36-12-6-7-27(36)38)17-37(34-28)29(33-18-32)35-15-23(16-35)39-22-9-11-25(20(2)14-22)30(3,4)5/h8-11,14,19-20,23,25-26H,6-7,12-13,15-17H2,1-5H3. The van der Waals surface area contributed by atoms with Crippen LogP contribution in [0, 0.1) is 34.6 Å². The Hall–Kier alpha value is -3.05. The molecule has 0 N–H and O–H groups in total. The highest BCUT2D eigenvalue weighted by Crippen LogP contribution is 2.38. The highest BCUT2D eigenvalue weighted by atomic mass is 35.5. The summed E-state index contributed by atoms with van der Waals surface area (Å²) in [5.74, 6) is 2.64. The Labute approximate surface area is 237 Å². The number of allylic oxidation sites excluding steroid dienone is 6. The van der Waals surface area contributed by atoms with E-state index in [1.807, 2.05) is 28.1 Å². The molecule has 0 bridgehead atoms. The van der Waals surface area contributed by atoms with E-state index in [0.717, 1.165) is 41.5 Å². The van der Waals surface area contributed by atoms with Crippen LogP contribution < -0.4 is 0 Å². The van der Waals surface area contributed by atoms with E-state index in [-0.39, 0.29) is 29.4 Å². The Morgan fingerprint density at radius 1 is 1.23 bits per heavy atom. The molecule has 8 nitrogen and oxygen atoms in total. The number of aliphatic imine (C=N–C) groups is 1. The zero-order chi connectivity index (χ0) is 27.9. The number of nitriles is 1. The Morgan fingerprint density at radius 3 is 2.62 bits per heavy atom. The molecule has 5 rings (SSSR count). The second-order valence-corrected chi connectivity index (χ2v) is 12.9. The Balaban J connectivity index is 1.30. The normalized spacial score (nSPS) is 30.0. The number of ether oxygens (including phenoxy) is 1. The molecule has 0 aromatic heterocycles. The fraction of sp³-hybridized carbons (Fsp3) is 0.600. The quantitative estimate of drug-likeness (QED) is 0.278. The van der Waals surface area contributed by atoms with Crippen molar-refractivity contribution in [2.45, 2.75) is 66.0 Å². The summed E-state index contributed by atoms with van der Waals surface area (Å²) in [4.78, 5) is 20.9. The summed E-state index contributed by atoms with van der Waals surface area (Å²) in [5.41, 5.74) is 2.16. The number of hydrogen-bond donors (Lipinski definition) is 0. The van der Waals surface area contributed by atoms with E-state index >= 15 is 0 Å². The maximum absolute atomic E-state index is 12.7. The van der Waals surface area contributed by atoms with Crippen LogP contribution in [0.15, 0.2) is 56.8 Å². The largest absolute Gasteiger partial charge is 0.487 e. The fourth-order valence-electron chi connectivity index (χ4n) is 6.41. The predicted octanol–water partition coefficient (Wildman–Crippen LogP) is 5.03. The zero-order valence-electron chi connectivity index (χ0n) is 23.6. The van der Waals surface area contributed by atoms with Gasteiger partial charge in [0.25, 0.3) is 0 Å². The van der Waals surface area contributed by atoms with E-state index in [1.54, 1.807) is 5.01 Å². The van der Waals surface area contributed by atoms with Crippen LogP contribution in [0.4, 0.5) is 0 Å². The van der Waals surface area contributed by atoms with Crippen molar-refractivity contribution in [1.29, 1.82) is 5.26 Å². The summed E-state index contributed by atoms with van der Waals surface area (Å²) < 4.78 is 6.30. The molecule has 0 aromatic carbocycles. The number of hydrazone groups is 1. The smallest absolute Gasteiger partial charge is 0.233 e. The molecule has 5 aliphatic rings. The van der Waals surface area contributed by atoms with Crippen molar-refractivity contribution >= 4 is 29.2 Å². The third-order valence-corrected chi connectivity index (χ3v) is 8.70. The number of likely N-dealkylation sites (tertiary alicyclic amines) is 2. The highest BCUT2D eigenvalue weighted by molar-refractivity contribution is 6.30. The first kappa shape index (κ1) is 27.5. The molecule has 4 unspecified atom stereocenters. The van der Waals surface area contributed by atoms with Gasteiger partial charge in [-0.05, 0) is 59.8 Å². The summed E-state index contributed by atoms with van der Waals surface area (Å²) in [6.45, 7) is 13.6. The topological polar surface area (TPSA) is 84.5 Å². The molecule has 208 valence electrons. The van der Waals surface area contributed by atoms with E-state index in [4.69, 9.17) is 21.4 Å². The molecule has 2 saturated heterocycles. The minimum atomic E-state index is -0.175. The van der Waals surface area contributed by atoms with Crippen molar-refractivity contribution in [2.24, 2.45) is 33.3 Å². The lowest BCUT2D eigenvalue weighted by Gasteiger charge is -2.42. The zero-order valence-corrected chi connectivity index (χ0v) is 24.4. The third kappa shape index (κ3) is 5.65. The Bertz CT molecular complexity index is 1230. The van der Waals surface area contributed by atoms with Crippen LogP contribution in [0.2, 0.25) is 0 Å². The van der Waals surface area contributed by atoms with Gasteiger partial charge in [-0.3, -0.25) is 4.79 Å². The third-order valence-electron chi connectivity index (χ3n) is 8.42. The number of guanidine groups is 1. The van der Waals surface area contributed by atoms with Gasteiger partial charge in [-0.2, -0.15) is 10.4 Å². The van der Waals surface area contributed by atoms with E-state index in [9.17, 15) is 10.1 Å². The molecule has 1 amide bonds. The van der Waals surface area contributed by atoms with Gasteiger partial charge in [-0.1, -0.05) is 58.4 Å². The summed E-state index contributed by atoms with van der Waals surface area (Å²) >= 11 is 6.30. The molecule has 4 atom stereocenters. The first-order valence-corrected chi connectivity index (χ1v) is 14.4. The number of carbonyl (C=O) groups excluding carboxylic acids is 1. The first-order chi connectivity index (χ1) is 18.5. The van der Waals surface area contributed by atoms with E-state index in [0.29, 0.717) is 43.9 Å². The summed E-state index contributed by atoms with van der Waals surface area (Å²) in [7, 11) is 0. The number of halogens is 1. The van der Waals surface area contributed by atoms with Gasteiger partial charge in [-0.25, -0.2) is 5.01 Å². The lowest BCUT2D eigenvalue weighted by atomic mass is 9.72. The maximum atomic E-state index is 12.7. The molecule has 0 aromatic rings. The minimum Gasteiger partial charge on any atom is -0.487 e. The monoisotopic (exact) mass is 550 g/mol. The molecule has 2 aliphatic carbocycles. The number of hydrogen-bond acceptors (Lipinski definition) is 5. The predicted molar refractivity (Wildman–Crippen MR) is 154 cm³/mol. The van der Waals surface area contributed by atoms with Gasteiger partial charge in [0.1, 0.15) is 11.9 Å². The molecular formula is C30H39ClN6O2. The molecular weight excluding hydrogens is 512 g/mol.